The number of nitrogens with one attached hydrogen (secondary N) is 1. The summed E-state index contributed by atoms with van der Waals surface area (Å²) in [6.07, 6.45) is -3.03. The van der Waals surface area contributed by atoms with E-state index in [0.29, 0.717) is 5.92 Å². The molecule has 1 amide bonds. The maximum absolute atomic E-state index is 11.7. The van der Waals surface area contributed by atoms with Gasteiger partial charge >= 0.3 is 6.18 Å². The quantitative estimate of drug-likeness (QED) is 0.736. The van der Waals surface area contributed by atoms with E-state index < -0.39 is 18.5 Å². The number of alkyl halides is 3. The van der Waals surface area contributed by atoms with Crippen LogP contribution in [0, 0.1) is 5.92 Å². The van der Waals surface area contributed by atoms with Crippen molar-refractivity contribution in [3.05, 3.63) is 0 Å². The largest absolute Gasteiger partial charge is 0.390 e. The third-order valence-electron chi connectivity index (χ3n) is 2.38. The molecule has 0 aliphatic heterocycles. The van der Waals surface area contributed by atoms with Crippen molar-refractivity contribution in [1.82, 2.24) is 5.32 Å². The van der Waals surface area contributed by atoms with E-state index in [2.05, 4.69) is 5.32 Å². The van der Waals surface area contributed by atoms with Crippen LogP contribution in [0.15, 0.2) is 0 Å². The predicted molar refractivity (Wildman–Crippen MR) is 49.0 cm³/mol. The van der Waals surface area contributed by atoms with E-state index in [1.165, 1.54) is 0 Å². The molecule has 1 aliphatic carbocycles. The first-order valence-electron chi connectivity index (χ1n) is 4.97. The Balaban J connectivity index is 2.07. The molecule has 0 heterocycles. The van der Waals surface area contributed by atoms with E-state index in [9.17, 15) is 18.0 Å². The molecule has 15 heavy (non-hydrogen) atoms. The molecule has 1 saturated carbocycles. The first-order valence-corrected chi connectivity index (χ1v) is 4.97. The number of rotatable bonds is 5. The summed E-state index contributed by atoms with van der Waals surface area (Å²) in [5, 5.41) is 2.21. The van der Waals surface area contributed by atoms with Gasteiger partial charge in [-0.05, 0) is 18.8 Å². The zero-order valence-electron chi connectivity index (χ0n) is 8.31. The summed E-state index contributed by atoms with van der Waals surface area (Å²) < 4.78 is 35.2. The highest BCUT2D eigenvalue weighted by Crippen LogP contribution is 2.32. The van der Waals surface area contributed by atoms with Crippen molar-refractivity contribution in [3.8, 4) is 0 Å². The highest BCUT2D eigenvalue weighted by Gasteiger charge is 2.30. The van der Waals surface area contributed by atoms with Gasteiger partial charge in [0.15, 0.2) is 0 Å². The molecule has 0 aromatic rings. The zero-order chi connectivity index (χ0) is 11.5. The van der Waals surface area contributed by atoms with Crippen molar-refractivity contribution >= 4 is 5.91 Å². The molecule has 1 fully saturated rings. The Hall–Kier alpha value is -0.780. The van der Waals surface area contributed by atoms with Gasteiger partial charge in [-0.15, -0.1) is 0 Å². The van der Waals surface area contributed by atoms with Crippen molar-refractivity contribution < 1.29 is 18.0 Å². The number of hydrogen-bond donors (Lipinski definition) is 2. The van der Waals surface area contributed by atoms with Crippen molar-refractivity contribution in [1.29, 1.82) is 0 Å². The van der Waals surface area contributed by atoms with Crippen LogP contribution in [-0.2, 0) is 4.79 Å². The van der Waals surface area contributed by atoms with Crippen LogP contribution in [0.25, 0.3) is 0 Å². The lowest BCUT2D eigenvalue weighted by molar-refractivity contribution is -0.135. The topological polar surface area (TPSA) is 55.1 Å². The van der Waals surface area contributed by atoms with Crippen molar-refractivity contribution in [3.63, 3.8) is 0 Å². The molecule has 0 spiro atoms. The van der Waals surface area contributed by atoms with E-state index in [1.54, 1.807) is 0 Å². The molecule has 0 saturated heterocycles. The lowest BCUT2D eigenvalue weighted by Crippen LogP contribution is -2.34. The molecular formula is C9H15F3N2O. The molecule has 1 aliphatic rings. The first-order chi connectivity index (χ1) is 6.88. The highest BCUT2D eigenvalue weighted by atomic mass is 19.4. The number of carbonyl (C=O) groups excluding carboxylic acids is 1. The smallest absolute Gasteiger partial charge is 0.356 e. The van der Waals surface area contributed by atoms with Gasteiger partial charge in [-0.1, -0.05) is 0 Å². The van der Waals surface area contributed by atoms with Gasteiger partial charge in [0, 0.05) is 19.0 Å². The van der Waals surface area contributed by atoms with Crippen LogP contribution in [-0.4, -0.2) is 24.7 Å². The summed E-state index contributed by atoms with van der Waals surface area (Å²) in [6, 6.07) is -0.198. The fraction of sp³-hybridized carbons (Fsp3) is 0.889. The minimum absolute atomic E-state index is 0.128. The molecule has 3 N–H and O–H groups in total. The van der Waals surface area contributed by atoms with E-state index in [1.807, 2.05) is 0 Å². The second-order valence-corrected chi connectivity index (χ2v) is 3.92. The molecule has 0 radical (unpaired) electrons. The molecule has 1 rings (SSSR count). The van der Waals surface area contributed by atoms with Crippen molar-refractivity contribution in [2.24, 2.45) is 11.7 Å². The molecule has 1 unspecified atom stereocenters. The van der Waals surface area contributed by atoms with Crippen LogP contribution in [0.5, 0.6) is 0 Å². The highest BCUT2D eigenvalue weighted by molar-refractivity contribution is 5.76. The van der Waals surface area contributed by atoms with E-state index >= 15 is 0 Å². The summed E-state index contributed by atoms with van der Waals surface area (Å²) in [6.45, 7) is -0.361. The van der Waals surface area contributed by atoms with Gasteiger partial charge in [0.05, 0.1) is 6.42 Å². The maximum Gasteiger partial charge on any atom is 0.390 e. The summed E-state index contributed by atoms with van der Waals surface area (Å²) in [5.41, 5.74) is 5.65. The Morgan fingerprint density at radius 2 is 2.07 bits per heavy atom. The van der Waals surface area contributed by atoms with E-state index in [-0.39, 0.29) is 19.0 Å². The minimum atomic E-state index is -4.22. The minimum Gasteiger partial charge on any atom is -0.356 e. The van der Waals surface area contributed by atoms with Crippen LogP contribution in [0.4, 0.5) is 13.2 Å². The van der Waals surface area contributed by atoms with Gasteiger partial charge in [-0.25, -0.2) is 0 Å². The van der Waals surface area contributed by atoms with Gasteiger partial charge in [-0.2, -0.15) is 13.2 Å². The lowest BCUT2D eigenvalue weighted by atomic mass is 10.1. The number of hydrogen-bond acceptors (Lipinski definition) is 2. The lowest BCUT2D eigenvalue weighted by Gasteiger charge is -2.11. The molecule has 1 atom stereocenters. The molecule has 6 heteroatoms. The molecule has 3 nitrogen and oxygen atoms in total. The standard InChI is InChI=1S/C9H15F3N2O/c10-9(11,12)3-4-14-8(15)5-7(13)6-1-2-6/h6-7H,1-5,13H2,(H,14,15). The first kappa shape index (κ1) is 12.3. The third kappa shape index (κ3) is 5.61. The number of amides is 1. The monoisotopic (exact) mass is 224 g/mol. The zero-order valence-corrected chi connectivity index (χ0v) is 8.31. The van der Waals surface area contributed by atoms with Gasteiger partial charge in [0.25, 0.3) is 0 Å². The predicted octanol–water partition coefficient (Wildman–Crippen LogP) is 1.18. The number of carbonyl (C=O) groups is 1. The van der Waals surface area contributed by atoms with Gasteiger partial charge < -0.3 is 11.1 Å². The molecule has 0 aromatic carbocycles. The Labute approximate surface area is 86.2 Å². The number of halogens is 3. The fourth-order valence-electron chi connectivity index (χ4n) is 1.32. The molecular weight excluding hydrogens is 209 g/mol. The van der Waals surface area contributed by atoms with E-state index in [4.69, 9.17) is 5.73 Å². The summed E-state index contributed by atoms with van der Waals surface area (Å²) in [7, 11) is 0. The van der Waals surface area contributed by atoms with Crippen molar-refractivity contribution in [2.75, 3.05) is 6.54 Å². The average molecular weight is 224 g/mol. The Morgan fingerprint density at radius 3 is 2.53 bits per heavy atom. The van der Waals surface area contributed by atoms with Crippen molar-refractivity contribution in [2.45, 2.75) is 37.9 Å². The van der Waals surface area contributed by atoms with Gasteiger partial charge in [0.1, 0.15) is 0 Å². The SMILES string of the molecule is NC(CC(=O)NCCC(F)(F)F)C1CC1. The normalized spacial score (nSPS) is 18.7. The van der Waals surface area contributed by atoms with Crippen LogP contribution in [0.3, 0.4) is 0 Å². The average Bonchev–Trinajstić information content (AvgIpc) is 2.82. The number of nitrogens with two attached hydrogens (primary N) is 1. The van der Waals surface area contributed by atoms with Crippen LogP contribution >= 0.6 is 0 Å². The Bertz CT molecular complexity index is 226. The van der Waals surface area contributed by atoms with E-state index in [0.717, 1.165) is 12.8 Å². The second kappa shape index (κ2) is 4.83. The van der Waals surface area contributed by atoms with Crippen LogP contribution < -0.4 is 11.1 Å². The summed E-state index contributed by atoms with van der Waals surface area (Å²) >= 11 is 0. The van der Waals surface area contributed by atoms with Crippen LogP contribution in [0.2, 0.25) is 0 Å². The second-order valence-electron chi connectivity index (χ2n) is 3.92. The van der Waals surface area contributed by atoms with Gasteiger partial charge in [-0.3, -0.25) is 4.79 Å². The van der Waals surface area contributed by atoms with Crippen LogP contribution in [0.1, 0.15) is 25.7 Å². The Morgan fingerprint density at radius 1 is 1.47 bits per heavy atom. The summed E-state index contributed by atoms with van der Waals surface area (Å²) in [4.78, 5) is 11.1. The van der Waals surface area contributed by atoms with Gasteiger partial charge in [0.2, 0.25) is 5.91 Å². The molecule has 0 aromatic heterocycles. The third-order valence-corrected chi connectivity index (χ3v) is 2.38. The fourth-order valence-corrected chi connectivity index (χ4v) is 1.32. The Kier molecular flexibility index (Phi) is 3.96. The summed E-state index contributed by atoms with van der Waals surface area (Å²) in [5.74, 6) is -0.00276. The molecule has 88 valence electrons. The molecule has 0 bridgehead atoms. The maximum atomic E-state index is 11.7.